The summed E-state index contributed by atoms with van der Waals surface area (Å²) in [6.07, 6.45) is -6.06. The molecule has 1 N–H and O–H groups in total. The van der Waals surface area contributed by atoms with Gasteiger partial charge in [-0.2, -0.15) is 21.6 Å². The van der Waals surface area contributed by atoms with Crippen LogP contribution in [0.2, 0.25) is 0 Å². The lowest BCUT2D eigenvalue weighted by atomic mass is 10.0. The van der Waals surface area contributed by atoms with Crippen LogP contribution in [0.15, 0.2) is 34.7 Å². The molecular weight excluding hydrogens is 499 g/mol. The first-order valence-corrected chi connectivity index (χ1v) is 11.0. The molecule has 0 aliphatic rings. The van der Waals surface area contributed by atoms with Crippen molar-refractivity contribution in [2.75, 3.05) is 13.3 Å². The predicted molar refractivity (Wildman–Crippen MR) is 106 cm³/mol. The largest absolute Gasteiger partial charge is 0.455 e. The Morgan fingerprint density at radius 2 is 1.65 bits per heavy atom. The highest BCUT2D eigenvalue weighted by Crippen LogP contribution is 2.37. The number of benzene rings is 2. The van der Waals surface area contributed by atoms with Crippen LogP contribution < -0.4 is 5.32 Å². The maximum absolute atomic E-state index is 14.7. The van der Waals surface area contributed by atoms with Crippen molar-refractivity contribution < 1.29 is 52.9 Å². The lowest BCUT2D eigenvalue weighted by molar-refractivity contribution is -0.134. The maximum atomic E-state index is 14.7. The first kappa shape index (κ1) is 27.1. The van der Waals surface area contributed by atoms with E-state index in [2.05, 4.69) is 9.70 Å². The average molecular weight is 515 g/mol. The lowest BCUT2D eigenvalue weighted by Crippen LogP contribution is -2.18. The van der Waals surface area contributed by atoms with Crippen LogP contribution in [-0.4, -0.2) is 33.8 Å². The van der Waals surface area contributed by atoms with Crippen molar-refractivity contribution in [3.8, 4) is 11.3 Å². The zero-order valence-corrected chi connectivity index (χ0v) is 18.2. The van der Waals surface area contributed by atoms with Gasteiger partial charge >= 0.3 is 6.18 Å². The van der Waals surface area contributed by atoms with Crippen molar-refractivity contribution >= 4 is 27.0 Å². The minimum absolute atomic E-state index is 0.152. The van der Waals surface area contributed by atoms with Gasteiger partial charge in [-0.05, 0) is 46.8 Å². The second-order valence-corrected chi connectivity index (χ2v) is 8.35. The Bertz CT molecular complexity index is 1290. The van der Waals surface area contributed by atoms with Crippen molar-refractivity contribution in [2.45, 2.75) is 19.0 Å². The molecule has 0 aliphatic carbocycles. The molecule has 0 radical (unpaired) electrons. The minimum atomic E-state index is -4.55. The first-order valence-electron chi connectivity index (χ1n) is 9.16. The van der Waals surface area contributed by atoms with Gasteiger partial charge in [-0.15, -0.1) is 0 Å². The fourth-order valence-corrected chi connectivity index (χ4v) is 2.85. The van der Waals surface area contributed by atoms with E-state index >= 15 is 0 Å². The number of halogens is 7. The molecule has 0 saturated heterocycles. The van der Waals surface area contributed by atoms with Crippen molar-refractivity contribution in [1.29, 1.82) is 0 Å². The predicted octanol–water partition coefficient (Wildman–Crippen LogP) is 5.22. The fourth-order valence-electron chi connectivity index (χ4n) is 2.85. The maximum Gasteiger partial charge on any atom is 0.389 e. The van der Waals surface area contributed by atoms with Crippen LogP contribution >= 0.6 is 0 Å². The number of aryl methyl sites for hydroxylation is 1. The number of amides is 1. The van der Waals surface area contributed by atoms with E-state index in [0.717, 1.165) is 18.2 Å². The number of fused-ring (bicyclic) bond motifs is 1. The Morgan fingerprint density at radius 3 is 2.12 bits per heavy atom. The molecule has 6 nitrogen and oxygen atoms in total. The monoisotopic (exact) mass is 515 g/mol. The van der Waals surface area contributed by atoms with Gasteiger partial charge in [0.1, 0.15) is 17.2 Å². The third-order valence-corrected chi connectivity index (χ3v) is 4.52. The van der Waals surface area contributed by atoms with Gasteiger partial charge in [0.2, 0.25) is 0 Å². The van der Waals surface area contributed by atoms with Gasteiger partial charge in [-0.1, -0.05) is 4.39 Å². The Morgan fingerprint density at radius 1 is 1.09 bits per heavy atom. The number of alkyl halides is 3. The number of rotatable bonds is 5. The van der Waals surface area contributed by atoms with Crippen LogP contribution in [-0.2, 0) is 20.9 Å². The van der Waals surface area contributed by atoms with Gasteiger partial charge in [0.05, 0.1) is 17.2 Å². The van der Waals surface area contributed by atoms with Crippen LogP contribution in [0.3, 0.4) is 0 Å². The highest BCUT2D eigenvalue weighted by Gasteiger charge is 2.30. The third kappa shape index (κ3) is 6.70. The summed E-state index contributed by atoms with van der Waals surface area (Å²) in [5.41, 5.74) is -0.921. The van der Waals surface area contributed by atoms with E-state index in [1.165, 1.54) is 19.2 Å². The van der Waals surface area contributed by atoms with E-state index in [4.69, 9.17) is 4.42 Å². The number of nitrogens with one attached hydrogen (secondary N) is 1. The normalized spacial score (nSPS) is 11.8. The molecule has 0 unspecified atom stereocenters. The molecule has 3 aromatic rings. The molecular formula is C20H16F7NO5S. The quantitative estimate of drug-likeness (QED) is 0.471. The summed E-state index contributed by atoms with van der Waals surface area (Å²) in [4.78, 5) is 12.3. The van der Waals surface area contributed by atoms with Gasteiger partial charge in [0.15, 0.2) is 11.6 Å². The third-order valence-electron chi connectivity index (χ3n) is 4.29. The van der Waals surface area contributed by atoms with E-state index in [-0.39, 0.29) is 22.5 Å². The smallest absolute Gasteiger partial charge is 0.389 e. The molecule has 34 heavy (non-hydrogen) atoms. The van der Waals surface area contributed by atoms with E-state index in [9.17, 15) is 44.1 Å². The van der Waals surface area contributed by atoms with Gasteiger partial charge in [-0.25, -0.2) is 13.2 Å². The number of hydrogen-bond donors (Lipinski definition) is 1. The molecule has 0 fully saturated rings. The standard InChI is InChI=1S/C19H13F6NO2.CH3FO3S/c1-26-18(27)14-13-12(28-17(14)9-2-4-11(20)5-3-9)8-10(15(21)16(13)22)6-7-19(23,24)25;1-6(3,4)5-2/h2-5,8H,6-7H2,1H3,(H,26,27);1H3. The van der Waals surface area contributed by atoms with Crippen molar-refractivity contribution in [1.82, 2.24) is 5.32 Å². The Balaban J connectivity index is 0.000000604. The summed E-state index contributed by atoms with van der Waals surface area (Å²) in [6.45, 7) is 0. The summed E-state index contributed by atoms with van der Waals surface area (Å²) in [5, 5.41) is 1.78. The first-order chi connectivity index (χ1) is 15.7. The molecule has 0 bridgehead atoms. The van der Waals surface area contributed by atoms with Crippen LogP contribution in [0.1, 0.15) is 22.3 Å². The summed E-state index contributed by atoms with van der Waals surface area (Å²) >= 11 is 0. The van der Waals surface area contributed by atoms with Crippen LogP contribution in [0, 0.1) is 17.5 Å². The van der Waals surface area contributed by atoms with E-state index in [1.807, 2.05) is 0 Å². The van der Waals surface area contributed by atoms with E-state index in [1.54, 1.807) is 0 Å². The minimum Gasteiger partial charge on any atom is -0.455 e. The van der Waals surface area contributed by atoms with Crippen molar-refractivity contribution in [2.24, 2.45) is 0 Å². The number of carbonyl (C=O) groups excluding carboxylic acids is 1. The van der Waals surface area contributed by atoms with E-state index < -0.39 is 63.4 Å². The fraction of sp³-hybridized carbons (Fsp3) is 0.250. The van der Waals surface area contributed by atoms with Gasteiger partial charge in [0.25, 0.3) is 16.0 Å². The molecule has 1 amide bonds. The molecule has 186 valence electrons. The van der Waals surface area contributed by atoms with Gasteiger partial charge in [-0.3, -0.25) is 4.79 Å². The second kappa shape index (κ2) is 10.4. The van der Waals surface area contributed by atoms with Crippen LogP contribution in [0.25, 0.3) is 22.3 Å². The molecule has 0 saturated carbocycles. The number of carbonyl (C=O) groups is 1. The van der Waals surface area contributed by atoms with Crippen LogP contribution in [0.5, 0.6) is 0 Å². The lowest BCUT2D eigenvalue weighted by Gasteiger charge is -2.08. The molecule has 1 aromatic heterocycles. The Hall–Kier alpha value is -3.13. The van der Waals surface area contributed by atoms with Crippen LogP contribution in [0.4, 0.5) is 30.9 Å². The molecule has 2 aromatic carbocycles. The van der Waals surface area contributed by atoms with Gasteiger partial charge < -0.3 is 9.73 Å². The molecule has 14 heteroatoms. The molecule has 1 heterocycles. The average Bonchev–Trinajstić information content (AvgIpc) is 3.14. The summed E-state index contributed by atoms with van der Waals surface area (Å²) in [7, 11) is -2.56. The molecule has 3 rings (SSSR count). The summed E-state index contributed by atoms with van der Waals surface area (Å²) < 4.78 is 117. The summed E-state index contributed by atoms with van der Waals surface area (Å²) in [6, 6.07) is 5.67. The summed E-state index contributed by atoms with van der Waals surface area (Å²) in [5.74, 6) is -4.47. The highest BCUT2D eigenvalue weighted by atomic mass is 32.2. The van der Waals surface area contributed by atoms with Crippen molar-refractivity contribution in [3.05, 3.63) is 58.9 Å². The SMILES string of the molecule is CNC(=O)c1c(-c2ccc(F)cc2)oc2cc(CCC(F)(F)F)c(F)c(F)c12.CS(=O)(=O)OF. The van der Waals surface area contributed by atoms with Gasteiger partial charge in [0, 0.05) is 19.0 Å². The molecule has 0 aliphatic heterocycles. The molecule has 0 atom stereocenters. The number of hydrogen-bond acceptors (Lipinski definition) is 5. The zero-order valence-electron chi connectivity index (χ0n) is 17.4. The zero-order chi connectivity index (χ0) is 25.8. The Labute approximate surface area is 188 Å². The molecule has 0 spiro atoms. The van der Waals surface area contributed by atoms with Crippen molar-refractivity contribution in [3.63, 3.8) is 0 Å². The Kier molecular flexibility index (Phi) is 8.31. The topological polar surface area (TPSA) is 85.6 Å². The highest BCUT2D eigenvalue weighted by molar-refractivity contribution is 7.85. The number of furan rings is 1. The van der Waals surface area contributed by atoms with E-state index in [0.29, 0.717) is 6.26 Å². The second-order valence-electron chi connectivity index (χ2n) is 6.81.